The topological polar surface area (TPSA) is 83.5 Å². The Kier molecular flexibility index (Phi) is 5.50. The Labute approximate surface area is 113 Å². The molecule has 1 rings (SSSR count). The molecule has 0 fully saturated rings. The quantitative estimate of drug-likeness (QED) is 0.802. The lowest BCUT2D eigenvalue weighted by Crippen LogP contribution is -2.26. The minimum Gasteiger partial charge on any atom is -0.481 e. The summed E-state index contributed by atoms with van der Waals surface area (Å²) in [4.78, 5) is 11.3. The van der Waals surface area contributed by atoms with Crippen molar-refractivity contribution in [3.63, 3.8) is 0 Å². The van der Waals surface area contributed by atoms with Crippen molar-refractivity contribution in [1.82, 2.24) is 4.72 Å². The van der Waals surface area contributed by atoms with Crippen LogP contribution < -0.4 is 4.72 Å². The van der Waals surface area contributed by atoms with E-state index in [0.29, 0.717) is 24.9 Å². The molecule has 1 atom stereocenters. The van der Waals surface area contributed by atoms with Crippen LogP contribution in [0.4, 0.5) is 0 Å². The Morgan fingerprint density at radius 2 is 1.95 bits per heavy atom. The minimum absolute atomic E-state index is 0.0534. The van der Waals surface area contributed by atoms with Gasteiger partial charge in [0.15, 0.2) is 0 Å². The lowest BCUT2D eigenvalue weighted by atomic mass is 9.97. The van der Waals surface area contributed by atoms with Gasteiger partial charge in [0.1, 0.15) is 0 Å². The second kappa shape index (κ2) is 6.68. The highest BCUT2D eigenvalue weighted by molar-refractivity contribution is 7.89. The molecule has 1 aromatic carbocycles. The van der Waals surface area contributed by atoms with Gasteiger partial charge in [-0.2, -0.15) is 0 Å². The van der Waals surface area contributed by atoms with Gasteiger partial charge in [-0.25, -0.2) is 13.1 Å². The molecule has 0 aromatic heterocycles. The van der Waals surface area contributed by atoms with Crippen molar-refractivity contribution < 1.29 is 18.3 Å². The van der Waals surface area contributed by atoms with Crippen LogP contribution in [0.5, 0.6) is 0 Å². The van der Waals surface area contributed by atoms with E-state index in [1.54, 1.807) is 25.1 Å². The van der Waals surface area contributed by atoms with Crippen LogP contribution in [-0.2, 0) is 14.8 Å². The molecule has 0 amide bonds. The Bertz CT molecular complexity index is 539. The number of hydrogen-bond donors (Lipinski definition) is 2. The highest BCUT2D eigenvalue weighted by Crippen LogP contribution is 2.26. The van der Waals surface area contributed by atoms with Crippen LogP contribution in [-0.4, -0.2) is 26.0 Å². The Balaban J connectivity index is 3.26. The van der Waals surface area contributed by atoms with Gasteiger partial charge in [-0.3, -0.25) is 4.79 Å². The molecule has 0 aliphatic rings. The van der Waals surface area contributed by atoms with Crippen LogP contribution in [0.25, 0.3) is 0 Å². The number of hydrogen-bond acceptors (Lipinski definition) is 3. The number of nitrogens with one attached hydrogen (secondary N) is 1. The summed E-state index contributed by atoms with van der Waals surface area (Å²) in [7, 11) is -3.66. The number of carboxylic acid groups (broad SMARTS) is 1. The summed E-state index contributed by atoms with van der Waals surface area (Å²) in [5.74, 6) is -1.82. The first-order valence-corrected chi connectivity index (χ1v) is 7.73. The highest BCUT2D eigenvalue weighted by atomic mass is 32.2. The maximum atomic E-state index is 12.2. The van der Waals surface area contributed by atoms with Crippen molar-refractivity contribution in [1.29, 1.82) is 0 Å². The number of benzene rings is 1. The first-order valence-electron chi connectivity index (χ1n) is 6.25. The van der Waals surface area contributed by atoms with E-state index in [4.69, 9.17) is 0 Å². The molecule has 5 nitrogen and oxygen atoms in total. The maximum Gasteiger partial charge on any atom is 0.311 e. The monoisotopic (exact) mass is 285 g/mol. The molecule has 1 unspecified atom stereocenters. The van der Waals surface area contributed by atoms with Crippen LogP contribution in [0.2, 0.25) is 0 Å². The van der Waals surface area contributed by atoms with Crippen LogP contribution in [0.3, 0.4) is 0 Å². The molecule has 0 aliphatic heterocycles. The van der Waals surface area contributed by atoms with E-state index in [2.05, 4.69) is 4.72 Å². The first-order chi connectivity index (χ1) is 8.94. The molecular weight excluding hydrogens is 266 g/mol. The van der Waals surface area contributed by atoms with Crippen molar-refractivity contribution in [3.05, 3.63) is 29.8 Å². The van der Waals surface area contributed by atoms with Crippen molar-refractivity contribution in [3.8, 4) is 0 Å². The van der Waals surface area contributed by atoms with E-state index in [0.717, 1.165) is 0 Å². The van der Waals surface area contributed by atoms with Gasteiger partial charge >= 0.3 is 5.97 Å². The Morgan fingerprint density at radius 3 is 2.47 bits per heavy atom. The molecule has 19 heavy (non-hydrogen) atoms. The molecule has 0 aliphatic carbocycles. The molecule has 0 saturated heterocycles. The number of aliphatic carboxylic acids is 1. The van der Waals surface area contributed by atoms with Gasteiger partial charge in [0.05, 0.1) is 10.8 Å². The van der Waals surface area contributed by atoms with E-state index in [1.807, 2.05) is 6.92 Å². The predicted molar refractivity (Wildman–Crippen MR) is 72.6 cm³/mol. The summed E-state index contributed by atoms with van der Waals surface area (Å²) in [5, 5.41) is 9.18. The van der Waals surface area contributed by atoms with Crippen molar-refractivity contribution in [2.24, 2.45) is 0 Å². The molecule has 6 heteroatoms. The first kappa shape index (κ1) is 15.7. The summed E-state index contributed by atoms with van der Waals surface area (Å²) in [5.41, 5.74) is 0.334. The average molecular weight is 285 g/mol. The van der Waals surface area contributed by atoms with E-state index >= 15 is 0 Å². The van der Waals surface area contributed by atoms with Gasteiger partial charge < -0.3 is 5.11 Å². The Hall–Kier alpha value is -1.40. The van der Waals surface area contributed by atoms with Crippen LogP contribution in [0.1, 0.15) is 38.2 Å². The molecule has 0 spiro atoms. The molecule has 0 radical (unpaired) electrons. The van der Waals surface area contributed by atoms with Crippen molar-refractivity contribution >= 4 is 16.0 Å². The smallest absolute Gasteiger partial charge is 0.311 e. The third kappa shape index (κ3) is 3.78. The molecule has 1 aromatic rings. The minimum atomic E-state index is -3.66. The number of carbonyl (C=O) groups is 1. The van der Waals surface area contributed by atoms with E-state index in [-0.39, 0.29) is 4.90 Å². The van der Waals surface area contributed by atoms with E-state index in [9.17, 15) is 18.3 Å². The standard InChI is InChI=1S/C13H19NO4S/c1-3-9-14-19(17,18)12-8-6-5-7-11(12)10(4-2)13(15)16/h5-8,10,14H,3-4,9H2,1-2H3,(H,15,16). The Morgan fingerprint density at radius 1 is 1.32 bits per heavy atom. The summed E-state index contributed by atoms with van der Waals surface area (Å²) in [6.07, 6.45) is 1.02. The summed E-state index contributed by atoms with van der Waals surface area (Å²) in [6.45, 7) is 3.92. The summed E-state index contributed by atoms with van der Waals surface area (Å²) in [6, 6.07) is 6.25. The van der Waals surface area contributed by atoms with Crippen LogP contribution in [0.15, 0.2) is 29.2 Å². The summed E-state index contributed by atoms with van der Waals surface area (Å²) >= 11 is 0. The molecule has 0 saturated carbocycles. The molecule has 0 heterocycles. The highest BCUT2D eigenvalue weighted by Gasteiger charge is 2.26. The van der Waals surface area contributed by atoms with Crippen LogP contribution >= 0.6 is 0 Å². The average Bonchev–Trinajstić information content (AvgIpc) is 2.37. The number of rotatable bonds is 7. The second-order valence-corrected chi connectivity index (χ2v) is 5.97. The summed E-state index contributed by atoms with van der Waals surface area (Å²) < 4.78 is 26.8. The van der Waals surface area contributed by atoms with Crippen LogP contribution in [0, 0.1) is 0 Å². The van der Waals surface area contributed by atoms with Gasteiger partial charge in [-0.05, 0) is 24.5 Å². The number of sulfonamides is 1. The second-order valence-electron chi connectivity index (χ2n) is 4.23. The van der Waals surface area contributed by atoms with Gasteiger partial charge in [0.2, 0.25) is 10.0 Å². The van der Waals surface area contributed by atoms with E-state index < -0.39 is 21.9 Å². The molecule has 106 valence electrons. The van der Waals surface area contributed by atoms with Gasteiger partial charge in [0, 0.05) is 6.54 Å². The largest absolute Gasteiger partial charge is 0.481 e. The fourth-order valence-corrected chi connectivity index (χ4v) is 3.26. The zero-order valence-corrected chi connectivity index (χ0v) is 11.9. The fraction of sp³-hybridized carbons (Fsp3) is 0.462. The van der Waals surface area contributed by atoms with Gasteiger partial charge in [-0.15, -0.1) is 0 Å². The van der Waals surface area contributed by atoms with Gasteiger partial charge in [0.25, 0.3) is 0 Å². The molecule has 2 N–H and O–H groups in total. The van der Waals surface area contributed by atoms with Crippen molar-refractivity contribution in [2.75, 3.05) is 6.54 Å². The zero-order valence-electron chi connectivity index (χ0n) is 11.1. The third-order valence-corrected chi connectivity index (χ3v) is 4.37. The molecule has 0 bridgehead atoms. The lowest BCUT2D eigenvalue weighted by molar-refractivity contribution is -0.138. The lowest BCUT2D eigenvalue weighted by Gasteiger charge is -2.15. The zero-order chi connectivity index (χ0) is 14.5. The maximum absolute atomic E-state index is 12.2. The normalized spacial score (nSPS) is 13.2. The SMILES string of the molecule is CCCNS(=O)(=O)c1ccccc1C(CC)C(=O)O. The van der Waals surface area contributed by atoms with Crippen molar-refractivity contribution in [2.45, 2.75) is 37.5 Å². The van der Waals surface area contributed by atoms with Gasteiger partial charge in [-0.1, -0.05) is 32.0 Å². The predicted octanol–water partition coefficient (Wildman–Crippen LogP) is 1.95. The number of carboxylic acids is 1. The van der Waals surface area contributed by atoms with E-state index in [1.165, 1.54) is 6.07 Å². The third-order valence-electron chi connectivity index (χ3n) is 2.83. The molecular formula is C13H19NO4S. The fourth-order valence-electron chi connectivity index (χ4n) is 1.85.